The zero-order valence-corrected chi connectivity index (χ0v) is 13.5. The summed E-state index contributed by atoms with van der Waals surface area (Å²) in [7, 11) is 1.55. The maximum Gasteiger partial charge on any atom is 0.131 e. The van der Waals surface area contributed by atoms with Crippen LogP contribution in [0.4, 0.5) is 4.39 Å². The van der Waals surface area contributed by atoms with E-state index in [2.05, 4.69) is 34.7 Å². The van der Waals surface area contributed by atoms with Crippen LogP contribution in [0.25, 0.3) is 0 Å². The molecule has 0 spiro atoms. The highest BCUT2D eigenvalue weighted by molar-refractivity contribution is 9.09. The molecule has 0 aromatic heterocycles. The molecule has 2 nitrogen and oxygen atoms in total. The molecule has 1 aromatic rings. The van der Waals surface area contributed by atoms with E-state index in [0.717, 1.165) is 30.3 Å². The zero-order valence-electron chi connectivity index (χ0n) is 12.0. The molecule has 0 unspecified atom stereocenters. The number of alkyl halides is 1. The minimum absolute atomic E-state index is 0.190. The SMILES string of the molecule is CCC(CC)N(CCBr)Cc1ccc(OC)cc1F. The van der Waals surface area contributed by atoms with E-state index in [1.54, 1.807) is 7.11 Å². The highest BCUT2D eigenvalue weighted by Crippen LogP contribution is 2.20. The van der Waals surface area contributed by atoms with Crippen LogP contribution in [-0.4, -0.2) is 29.9 Å². The predicted octanol–water partition coefficient (Wildman–Crippen LogP) is 4.22. The first-order chi connectivity index (χ1) is 9.15. The molecule has 0 saturated heterocycles. The van der Waals surface area contributed by atoms with Gasteiger partial charge in [-0.2, -0.15) is 0 Å². The molecule has 1 aromatic carbocycles. The molecule has 0 N–H and O–H groups in total. The van der Waals surface area contributed by atoms with E-state index >= 15 is 0 Å². The molecule has 19 heavy (non-hydrogen) atoms. The van der Waals surface area contributed by atoms with Crippen molar-refractivity contribution in [1.82, 2.24) is 4.90 Å². The molecule has 0 aliphatic rings. The molecule has 0 bridgehead atoms. The predicted molar refractivity (Wildman–Crippen MR) is 81.5 cm³/mol. The van der Waals surface area contributed by atoms with Crippen molar-refractivity contribution in [3.05, 3.63) is 29.6 Å². The van der Waals surface area contributed by atoms with E-state index in [0.29, 0.717) is 18.3 Å². The minimum Gasteiger partial charge on any atom is -0.497 e. The molecule has 0 amide bonds. The number of hydrogen-bond acceptors (Lipinski definition) is 2. The van der Waals surface area contributed by atoms with Gasteiger partial charge < -0.3 is 4.74 Å². The smallest absolute Gasteiger partial charge is 0.131 e. The van der Waals surface area contributed by atoms with Crippen molar-refractivity contribution in [3.8, 4) is 5.75 Å². The standard InChI is InChI=1S/C15H23BrFNO/c1-4-13(5-2)18(9-8-16)11-12-6-7-14(19-3)10-15(12)17/h6-7,10,13H,4-5,8-9,11H2,1-3H3. The Bertz CT molecular complexity index is 382. The van der Waals surface area contributed by atoms with Crippen molar-refractivity contribution in [2.45, 2.75) is 39.3 Å². The Balaban J connectivity index is 2.83. The van der Waals surface area contributed by atoms with Gasteiger partial charge in [-0.05, 0) is 18.9 Å². The largest absolute Gasteiger partial charge is 0.497 e. The number of halogens is 2. The fraction of sp³-hybridized carbons (Fsp3) is 0.600. The van der Waals surface area contributed by atoms with E-state index in [9.17, 15) is 4.39 Å². The second-order valence-corrected chi connectivity index (χ2v) is 5.38. The molecule has 0 radical (unpaired) electrons. The van der Waals surface area contributed by atoms with Crippen LogP contribution in [0, 0.1) is 5.82 Å². The Kier molecular flexibility index (Phi) is 7.39. The average molecular weight is 332 g/mol. The van der Waals surface area contributed by atoms with E-state index in [-0.39, 0.29) is 5.82 Å². The van der Waals surface area contributed by atoms with E-state index < -0.39 is 0 Å². The first-order valence-electron chi connectivity index (χ1n) is 6.78. The van der Waals surface area contributed by atoms with Crippen LogP contribution in [0.5, 0.6) is 5.75 Å². The maximum absolute atomic E-state index is 14.0. The van der Waals surface area contributed by atoms with Crippen molar-refractivity contribution in [2.75, 3.05) is 19.0 Å². The summed E-state index contributed by atoms with van der Waals surface area (Å²) in [5.41, 5.74) is 0.730. The van der Waals surface area contributed by atoms with E-state index in [1.807, 2.05) is 12.1 Å². The van der Waals surface area contributed by atoms with Crippen molar-refractivity contribution < 1.29 is 9.13 Å². The molecule has 0 atom stereocenters. The lowest BCUT2D eigenvalue weighted by Gasteiger charge is -2.30. The molecule has 0 heterocycles. The van der Waals surface area contributed by atoms with E-state index in [1.165, 1.54) is 6.07 Å². The number of benzene rings is 1. The van der Waals surface area contributed by atoms with Gasteiger partial charge >= 0.3 is 0 Å². The summed E-state index contributed by atoms with van der Waals surface area (Å²) in [6.07, 6.45) is 2.17. The summed E-state index contributed by atoms with van der Waals surface area (Å²) in [6, 6.07) is 5.59. The fourth-order valence-corrected chi connectivity index (χ4v) is 2.76. The maximum atomic E-state index is 14.0. The van der Waals surface area contributed by atoms with Gasteiger partial charge in [0.1, 0.15) is 11.6 Å². The van der Waals surface area contributed by atoms with Gasteiger partial charge in [-0.15, -0.1) is 0 Å². The van der Waals surface area contributed by atoms with Gasteiger partial charge in [0.05, 0.1) is 7.11 Å². The Hall–Kier alpha value is -0.610. The fourth-order valence-electron chi connectivity index (χ4n) is 2.31. The normalized spacial score (nSPS) is 11.3. The van der Waals surface area contributed by atoms with Gasteiger partial charge in [-0.1, -0.05) is 35.8 Å². The first-order valence-corrected chi connectivity index (χ1v) is 7.90. The summed E-state index contributed by atoms with van der Waals surface area (Å²) in [4.78, 5) is 2.33. The van der Waals surface area contributed by atoms with Crippen molar-refractivity contribution in [1.29, 1.82) is 0 Å². The highest BCUT2D eigenvalue weighted by Gasteiger charge is 2.16. The quantitative estimate of drug-likeness (QED) is 0.661. The summed E-state index contributed by atoms with van der Waals surface area (Å²) >= 11 is 3.48. The van der Waals surface area contributed by atoms with Crippen LogP contribution in [0.15, 0.2) is 18.2 Å². The molecule has 0 saturated carbocycles. The minimum atomic E-state index is -0.190. The molecule has 0 fully saturated rings. The van der Waals surface area contributed by atoms with Gasteiger partial charge in [0.25, 0.3) is 0 Å². The molecule has 4 heteroatoms. The second-order valence-electron chi connectivity index (χ2n) is 4.59. The number of methoxy groups -OCH3 is 1. The third-order valence-electron chi connectivity index (χ3n) is 3.46. The monoisotopic (exact) mass is 331 g/mol. The number of hydrogen-bond donors (Lipinski definition) is 0. The third kappa shape index (κ3) is 4.77. The number of nitrogens with zero attached hydrogens (tertiary/aromatic N) is 1. The highest BCUT2D eigenvalue weighted by atomic mass is 79.9. The molecular weight excluding hydrogens is 309 g/mol. The summed E-state index contributed by atoms with van der Waals surface area (Å²) in [6.45, 7) is 5.94. The summed E-state index contributed by atoms with van der Waals surface area (Å²) in [5, 5.41) is 0.904. The first kappa shape index (κ1) is 16.4. The summed E-state index contributed by atoms with van der Waals surface area (Å²) in [5.74, 6) is 0.376. The molecular formula is C15H23BrFNO. The van der Waals surface area contributed by atoms with Crippen molar-refractivity contribution >= 4 is 15.9 Å². The summed E-state index contributed by atoms with van der Waals surface area (Å²) < 4.78 is 19.0. The van der Waals surface area contributed by atoms with Gasteiger partial charge in [-0.3, -0.25) is 4.90 Å². The van der Waals surface area contributed by atoms with Gasteiger partial charge in [0, 0.05) is 36.1 Å². The average Bonchev–Trinajstić information content (AvgIpc) is 2.42. The van der Waals surface area contributed by atoms with Crippen LogP contribution in [0.2, 0.25) is 0 Å². The third-order valence-corrected chi connectivity index (χ3v) is 3.82. The van der Waals surface area contributed by atoms with E-state index in [4.69, 9.17) is 4.74 Å². The molecule has 0 aliphatic heterocycles. The van der Waals surface area contributed by atoms with Gasteiger partial charge in [0.2, 0.25) is 0 Å². The zero-order chi connectivity index (χ0) is 14.3. The van der Waals surface area contributed by atoms with Crippen LogP contribution in [0.1, 0.15) is 32.3 Å². The Morgan fingerprint density at radius 1 is 1.32 bits per heavy atom. The van der Waals surface area contributed by atoms with Crippen LogP contribution >= 0.6 is 15.9 Å². The topological polar surface area (TPSA) is 12.5 Å². The van der Waals surface area contributed by atoms with Crippen LogP contribution in [-0.2, 0) is 6.54 Å². The lowest BCUT2D eigenvalue weighted by molar-refractivity contribution is 0.187. The second kappa shape index (κ2) is 8.54. The van der Waals surface area contributed by atoms with Crippen molar-refractivity contribution in [2.24, 2.45) is 0 Å². The molecule has 0 aliphatic carbocycles. The number of ether oxygens (including phenoxy) is 1. The van der Waals surface area contributed by atoms with Gasteiger partial charge in [-0.25, -0.2) is 4.39 Å². The van der Waals surface area contributed by atoms with Gasteiger partial charge in [0.15, 0.2) is 0 Å². The van der Waals surface area contributed by atoms with Crippen molar-refractivity contribution in [3.63, 3.8) is 0 Å². The Morgan fingerprint density at radius 2 is 2.00 bits per heavy atom. The molecule has 108 valence electrons. The van der Waals surface area contributed by atoms with Crippen LogP contribution in [0.3, 0.4) is 0 Å². The lowest BCUT2D eigenvalue weighted by Crippen LogP contribution is -2.35. The number of rotatable bonds is 8. The lowest BCUT2D eigenvalue weighted by atomic mass is 10.1. The Labute approximate surface area is 124 Å². The molecule has 1 rings (SSSR count). The van der Waals surface area contributed by atoms with Crippen LogP contribution < -0.4 is 4.74 Å². The Morgan fingerprint density at radius 3 is 2.47 bits per heavy atom.